The fourth-order valence-electron chi connectivity index (χ4n) is 1.91. The zero-order valence-electron chi connectivity index (χ0n) is 9.45. The number of fused-ring (bicyclic) bond motifs is 3. The quantitative estimate of drug-likeness (QED) is 0.748. The van der Waals surface area contributed by atoms with Gasteiger partial charge >= 0.3 is 5.97 Å². The van der Waals surface area contributed by atoms with Crippen LogP contribution in [0.1, 0.15) is 12.2 Å². The number of carboxylic acids is 1. The van der Waals surface area contributed by atoms with Crippen LogP contribution in [0.4, 0.5) is 0 Å². The Morgan fingerprint density at radius 2 is 2.11 bits per heavy atom. The van der Waals surface area contributed by atoms with E-state index in [0.29, 0.717) is 17.9 Å². The molecule has 0 radical (unpaired) electrons. The van der Waals surface area contributed by atoms with Gasteiger partial charge in [-0.15, -0.1) is 10.2 Å². The lowest BCUT2D eigenvalue weighted by atomic mass is 10.2. The lowest BCUT2D eigenvalue weighted by Crippen LogP contribution is -2.03. The first-order valence-electron chi connectivity index (χ1n) is 5.55. The maximum Gasteiger partial charge on any atom is 0.303 e. The summed E-state index contributed by atoms with van der Waals surface area (Å²) in [6.45, 7) is 0. The van der Waals surface area contributed by atoms with Gasteiger partial charge in [0.25, 0.3) is 0 Å². The fraction of sp³-hybridized carbons (Fsp3) is 0.167. The standard InChI is InChI=1S/C12H10N4O2/c17-11(18)6-5-10-14-15-12-9-4-2-1-3-8(9)7-13-16(10)12/h1-4,7H,5-6H2,(H,17,18). The predicted molar refractivity (Wildman–Crippen MR) is 64.2 cm³/mol. The van der Waals surface area contributed by atoms with Crippen molar-refractivity contribution in [2.75, 3.05) is 0 Å². The molecule has 0 atom stereocenters. The van der Waals surface area contributed by atoms with Gasteiger partial charge in [0.15, 0.2) is 11.5 Å². The fourth-order valence-corrected chi connectivity index (χ4v) is 1.91. The van der Waals surface area contributed by atoms with Crippen LogP contribution in [0, 0.1) is 0 Å². The molecule has 1 aromatic carbocycles. The number of benzene rings is 1. The van der Waals surface area contributed by atoms with E-state index in [1.165, 1.54) is 0 Å². The highest BCUT2D eigenvalue weighted by atomic mass is 16.4. The van der Waals surface area contributed by atoms with E-state index in [0.717, 1.165) is 10.8 Å². The van der Waals surface area contributed by atoms with E-state index < -0.39 is 5.97 Å². The molecule has 0 saturated heterocycles. The van der Waals surface area contributed by atoms with Crippen molar-refractivity contribution in [3.8, 4) is 0 Å². The summed E-state index contributed by atoms with van der Waals surface area (Å²) in [4.78, 5) is 10.6. The lowest BCUT2D eigenvalue weighted by molar-refractivity contribution is -0.137. The van der Waals surface area contributed by atoms with Gasteiger partial charge in [-0.3, -0.25) is 4.79 Å². The molecular weight excluding hydrogens is 232 g/mol. The number of hydrogen-bond donors (Lipinski definition) is 1. The monoisotopic (exact) mass is 242 g/mol. The van der Waals surface area contributed by atoms with Crippen LogP contribution < -0.4 is 0 Å². The zero-order valence-corrected chi connectivity index (χ0v) is 9.45. The Balaban J connectivity index is 2.14. The van der Waals surface area contributed by atoms with Crippen LogP contribution in [-0.4, -0.2) is 30.9 Å². The minimum Gasteiger partial charge on any atom is -0.481 e. The molecule has 0 bridgehead atoms. The van der Waals surface area contributed by atoms with Gasteiger partial charge in [-0.05, 0) is 0 Å². The molecule has 2 aromatic heterocycles. The maximum absolute atomic E-state index is 10.6. The van der Waals surface area contributed by atoms with Crippen molar-refractivity contribution in [3.05, 3.63) is 36.3 Å². The van der Waals surface area contributed by atoms with Gasteiger partial charge in [0.05, 0.1) is 12.6 Å². The Labute approximate surface area is 102 Å². The molecule has 3 rings (SSSR count). The normalized spacial score (nSPS) is 11.1. The minimum absolute atomic E-state index is 0.0231. The summed E-state index contributed by atoms with van der Waals surface area (Å²) in [5.74, 6) is -0.286. The largest absolute Gasteiger partial charge is 0.481 e. The van der Waals surface area contributed by atoms with Crippen molar-refractivity contribution < 1.29 is 9.90 Å². The maximum atomic E-state index is 10.6. The van der Waals surface area contributed by atoms with Gasteiger partial charge in [-0.25, -0.2) is 0 Å². The van der Waals surface area contributed by atoms with Crippen molar-refractivity contribution in [2.24, 2.45) is 0 Å². The number of nitrogens with zero attached hydrogens (tertiary/aromatic N) is 4. The number of carboxylic acid groups (broad SMARTS) is 1. The molecule has 18 heavy (non-hydrogen) atoms. The molecule has 0 aliphatic rings. The van der Waals surface area contributed by atoms with E-state index in [2.05, 4.69) is 15.3 Å². The van der Waals surface area contributed by atoms with E-state index in [1.54, 1.807) is 10.7 Å². The summed E-state index contributed by atoms with van der Waals surface area (Å²) in [5.41, 5.74) is 0.661. The Bertz CT molecular complexity index is 735. The van der Waals surface area contributed by atoms with Crippen LogP contribution in [0.2, 0.25) is 0 Å². The van der Waals surface area contributed by atoms with Gasteiger partial charge in [0, 0.05) is 17.2 Å². The second kappa shape index (κ2) is 4.06. The molecule has 90 valence electrons. The lowest BCUT2D eigenvalue weighted by Gasteiger charge is -2.00. The summed E-state index contributed by atoms with van der Waals surface area (Å²) in [6, 6.07) is 7.76. The highest BCUT2D eigenvalue weighted by Crippen LogP contribution is 2.17. The van der Waals surface area contributed by atoms with E-state index >= 15 is 0 Å². The zero-order chi connectivity index (χ0) is 12.5. The summed E-state index contributed by atoms with van der Waals surface area (Å²) in [5, 5.41) is 23.0. The Kier molecular flexibility index (Phi) is 2.40. The van der Waals surface area contributed by atoms with Crippen molar-refractivity contribution in [3.63, 3.8) is 0 Å². The van der Waals surface area contributed by atoms with E-state index in [1.807, 2.05) is 24.3 Å². The SMILES string of the molecule is O=C(O)CCc1nnc2c3ccccc3cnn12. The van der Waals surface area contributed by atoms with Crippen LogP contribution in [0.5, 0.6) is 0 Å². The molecule has 6 nitrogen and oxygen atoms in total. The number of carbonyl (C=O) groups is 1. The molecule has 2 heterocycles. The molecule has 0 fully saturated rings. The van der Waals surface area contributed by atoms with E-state index in [9.17, 15) is 4.79 Å². The van der Waals surface area contributed by atoms with Crippen molar-refractivity contribution in [2.45, 2.75) is 12.8 Å². The third kappa shape index (κ3) is 1.67. The van der Waals surface area contributed by atoms with Crippen LogP contribution in [0.15, 0.2) is 30.5 Å². The first-order chi connectivity index (χ1) is 8.75. The predicted octanol–water partition coefficient (Wildman–Crippen LogP) is 1.29. The molecule has 0 aliphatic heterocycles. The second-order valence-electron chi connectivity index (χ2n) is 3.98. The second-order valence-corrected chi connectivity index (χ2v) is 3.98. The Morgan fingerprint density at radius 3 is 2.94 bits per heavy atom. The highest BCUT2D eigenvalue weighted by Gasteiger charge is 2.10. The molecule has 1 N–H and O–H groups in total. The van der Waals surface area contributed by atoms with Crippen LogP contribution in [0.3, 0.4) is 0 Å². The smallest absolute Gasteiger partial charge is 0.303 e. The van der Waals surface area contributed by atoms with Crippen LogP contribution in [0.25, 0.3) is 16.4 Å². The van der Waals surface area contributed by atoms with Gasteiger partial charge in [-0.2, -0.15) is 9.61 Å². The number of aliphatic carboxylic acids is 1. The average Bonchev–Trinajstić information content (AvgIpc) is 2.80. The summed E-state index contributed by atoms with van der Waals surface area (Å²) >= 11 is 0. The molecule has 0 unspecified atom stereocenters. The van der Waals surface area contributed by atoms with Gasteiger partial charge in [-0.1, -0.05) is 24.3 Å². The Hall–Kier alpha value is -2.50. The molecule has 0 amide bonds. The van der Waals surface area contributed by atoms with Gasteiger partial charge < -0.3 is 5.11 Å². The number of rotatable bonds is 3. The van der Waals surface area contributed by atoms with Crippen molar-refractivity contribution in [1.82, 2.24) is 19.8 Å². The summed E-state index contributed by atoms with van der Waals surface area (Å²) in [6.07, 6.45) is 2.08. The highest BCUT2D eigenvalue weighted by molar-refractivity contribution is 5.92. The molecule has 6 heteroatoms. The topological polar surface area (TPSA) is 80.4 Å². The number of aromatic nitrogens is 4. The Morgan fingerprint density at radius 1 is 1.28 bits per heavy atom. The average molecular weight is 242 g/mol. The summed E-state index contributed by atoms with van der Waals surface area (Å²) in [7, 11) is 0. The third-order valence-electron chi connectivity index (χ3n) is 2.78. The minimum atomic E-state index is -0.854. The molecular formula is C12H10N4O2. The molecule has 0 aliphatic carbocycles. The van der Waals surface area contributed by atoms with Crippen molar-refractivity contribution >= 4 is 22.4 Å². The first kappa shape index (κ1) is 10.6. The number of hydrogen-bond acceptors (Lipinski definition) is 4. The number of aryl methyl sites for hydroxylation is 1. The third-order valence-corrected chi connectivity index (χ3v) is 2.78. The first-order valence-corrected chi connectivity index (χ1v) is 5.55. The molecule has 3 aromatic rings. The van der Waals surface area contributed by atoms with E-state index in [-0.39, 0.29) is 6.42 Å². The molecule has 0 spiro atoms. The van der Waals surface area contributed by atoms with Crippen molar-refractivity contribution in [1.29, 1.82) is 0 Å². The molecule has 0 saturated carbocycles. The van der Waals surface area contributed by atoms with Crippen LogP contribution >= 0.6 is 0 Å². The van der Waals surface area contributed by atoms with Gasteiger partial charge in [0.2, 0.25) is 0 Å². The van der Waals surface area contributed by atoms with Crippen LogP contribution in [-0.2, 0) is 11.2 Å². The summed E-state index contributed by atoms with van der Waals surface area (Å²) < 4.78 is 1.60. The van der Waals surface area contributed by atoms with Gasteiger partial charge in [0.1, 0.15) is 0 Å². The van der Waals surface area contributed by atoms with E-state index in [4.69, 9.17) is 5.11 Å².